The van der Waals surface area contributed by atoms with Crippen LogP contribution in [0.15, 0.2) is 30.5 Å². The van der Waals surface area contributed by atoms with E-state index in [0.717, 1.165) is 11.1 Å². The second-order valence-corrected chi connectivity index (χ2v) is 6.58. The van der Waals surface area contributed by atoms with E-state index in [1.54, 1.807) is 19.2 Å². The molecule has 7 nitrogen and oxygen atoms in total. The number of aliphatic hydroxyl groups excluding tert-OH is 1. The van der Waals surface area contributed by atoms with Crippen LogP contribution in [0.1, 0.15) is 19.4 Å². The number of aliphatic hydroxyl groups is 1. The highest BCUT2D eigenvalue weighted by atomic mass is 16.5. The van der Waals surface area contributed by atoms with E-state index >= 15 is 0 Å². The molecule has 0 bridgehead atoms. The van der Waals surface area contributed by atoms with Gasteiger partial charge in [0, 0.05) is 29.9 Å². The van der Waals surface area contributed by atoms with Gasteiger partial charge in [0.25, 0.3) is 5.91 Å². The molecule has 1 aromatic carbocycles. The molecule has 0 spiro atoms. The van der Waals surface area contributed by atoms with Gasteiger partial charge < -0.3 is 20.1 Å². The van der Waals surface area contributed by atoms with Gasteiger partial charge in [-0.2, -0.15) is 5.26 Å². The normalized spacial score (nSPS) is 21.2. The van der Waals surface area contributed by atoms with E-state index in [1.807, 2.05) is 25.1 Å². The Balaban J connectivity index is 1.91. The Morgan fingerprint density at radius 1 is 1.50 bits per heavy atom. The Hall–Kier alpha value is -2.69. The quantitative estimate of drug-likeness (QED) is 0.856. The van der Waals surface area contributed by atoms with Crippen LogP contribution in [-0.2, 0) is 9.53 Å². The molecule has 0 unspecified atom stereocenters. The molecular weight excluding hydrogens is 332 g/mol. The highest BCUT2D eigenvalue weighted by molar-refractivity contribution is 5.95. The van der Waals surface area contributed by atoms with Crippen LogP contribution in [0.4, 0.5) is 5.69 Å². The summed E-state index contributed by atoms with van der Waals surface area (Å²) in [4.78, 5) is 18.9. The Bertz CT molecular complexity index is 848. The fourth-order valence-electron chi connectivity index (χ4n) is 3.20. The molecule has 1 aromatic heterocycles. The predicted octanol–water partition coefficient (Wildman–Crippen LogP) is 1.20. The largest absolute Gasteiger partial charge is 0.394 e. The van der Waals surface area contributed by atoms with Gasteiger partial charge in [-0.1, -0.05) is 0 Å². The van der Waals surface area contributed by atoms with E-state index in [0.29, 0.717) is 24.2 Å². The zero-order valence-electron chi connectivity index (χ0n) is 14.8. The van der Waals surface area contributed by atoms with E-state index < -0.39 is 6.10 Å². The number of hydrogen-bond donors (Lipinski definition) is 2. The minimum absolute atomic E-state index is 0.121. The molecule has 0 aliphatic carbocycles. The SMILES string of the molecule is C[C@@H]1CN(c2ccc(C#N)c3ncccc23)C[C@H](C(=O)N[C@@H](C)CO)O1. The number of morpholine rings is 1. The van der Waals surface area contributed by atoms with Crippen LogP contribution in [0, 0.1) is 11.3 Å². The molecule has 2 heterocycles. The van der Waals surface area contributed by atoms with Gasteiger partial charge in [-0.15, -0.1) is 0 Å². The molecular formula is C19H22N4O3. The number of anilines is 1. The summed E-state index contributed by atoms with van der Waals surface area (Å²) in [5.41, 5.74) is 2.11. The van der Waals surface area contributed by atoms with Gasteiger partial charge in [-0.3, -0.25) is 9.78 Å². The van der Waals surface area contributed by atoms with Gasteiger partial charge in [0.1, 0.15) is 6.07 Å². The summed E-state index contributed by atoms with van der Waals surface area (Å²) in [6.07, 6.45) is 0.905. The summed E-state index contributed by atoms with van der Waals surface area (Å²) in [5.74, 6) is -0.237. The molecule has 2 aromatic rings. The van der Waals surface area contributed by atoms with E-state index in [4.69, 9.17) is 9.84 Å². The van der Waals surface area contributed by atoms with Crippen molar-refractivity contribution in [1.82, 2.24) is 10.3 Å². The molecule has 3 atom stereocenters. The lowest BCUT2D eigenvalue weighted by Crippen LogP contribution is -2.54. The average Bonchev–Trinajstić information content (AvgIpc) is 2.66. The number of benzene rings is 1. The van der Waals surface area contributed by atoms with Gasteiger partial charge in [-0.25, -0.2) is 0 Å². The molecule has 136 valence electrons. The zero-order valence-corrected chi connectivity index (χ0v) is 14.8. The van der Waals surface area contributed by atoms with Crippen LogP contribution in [0.5, 0.6) is 0 Å². The second kappa shape index (κ2) is 7.68. The summed E-state index contributed by atoms with van der Waals surface area (Å²) in [6, 6.07) is 9.27. The third-order valence-electron chi connectivity index (χ3n) is 4.42. The molecule has 1 saturated heterocycles. The molecule has 3 rings (SSSR count). The number of nitrogens with one attached hydrogen (secondary N) is 1. The molecule has 26 heavy (non-hydrogen) atoms. The molecule has 0 saturated carbocycles. The van der Waals surface area contributed by atoms with E-state index in [-0.39, 0.29) is 24.7 Å². The Labute approximate surface area is 152 Å². The zero-order chi connectivity index (χ0) is 18.7. The number of ether oxygens (including phenoxy) is 1. The minimum atomic E-state index is -0.630. The van der Waals surface area contributed by atoms with Crippen molar-refractivity contribution >= 4 is 22.5 Å². The first kappa shape index (κ1) is 18.1. The number of amides is 1. The fourth-order valence-corrected chi connectivity index (χ4v) is 3.20. The summed E-state index contributed by atoms with van der Waals surface area (Å²) in [7, 11) is 0. The van der Waals surface area contributed by atoms with Gasteiger partial charge in [0.2, 0.25) is 0 Å². The van der Waals surface area contributed by atoms with Crippen LogP contribution < -0.4 is 10.2 Å². The van der Waals surface area contributed by atoms with Crippen LogP contribution in [0.3, 0.4) is 0 Å². The Morgan fingerprint density at radius 3 is 3.04 bits per heavy atom. The molecule has 1 amide bonds. The van der Waals surface area contributed by atoms with Gasteiger partial charge in [0.15, 0.2) is 6.10 Å². The van der Waals surface area contributed by atoms with Crippen molar-refractivity contribution in [3.63, 3.8) is 0 Å². The van der Waals surface area contributed by atoms with Crippen LogP contribution in [0.2, 0.25) is 0 Å². The number of carbonyl (C=O) groups excluding carboxylic acids is 1. The van der Waals surface area contributed by atoms with Gasteiger partial charge in [-0.05, 0) is 38.1 Å². The number of hydrogen-bond acceptors (Lipinski definition) is 6. The van der Waals surface area contributed by atoms with Crippen molar-refractivity contribution in [2.45, 2.75) is 32.1 Å². The maximum absolute atomic E-state index is 12.4. The minimum Gasteiger partial charge on any atom is -0.394 e. The number of nitrogens with zero attached hydrogens (tertiary/aromatic N) is 3. The van der Waals surface area contributed by atoms with Crippen LogP contribution in [-0.4, -0.2) is 53.9 Å². The molecule has 7 heteroatoms. The maximum atomic E-state index is 12.4. The first-order valence-electron chi connectivity index (χ1n) is 8.63. The first-order valence-corrected chi connectivity index (χ1v) is 8.63. The van der Waals surface area contributed by atoms with Gasteiger partial charge >= 0.3 is 0 Å². The number of pyridine rings is 1. The Kier molecular flexibility index (Phi) is 5.35. The van der Waals surface area contributed by atoms with Crippen LogP contribution in [0.25, 0.3) is 10.9 Å². The van der Waals surface area contributed by atoms with E-state index in [2.05, 4.69) is 21.3 Å². The van der Waals surface area contributed by atoms with E-state index in [1.165, 1.54) is 0 Å². The topological polar surface area (TPSA) is 98.5 Å². The van der Waals surface area contributed by atoms with Crippen LogP contribution >= 0.6 is 0 Å². The number of rotatable bonds is 4. The number of carbonyl (C=O) groups is 1. The van der Waals surface area contributed by atoms with Crippen molar-refractivity contribution in [3.05, 3.63) is 36.0 Å². The third kappa shape index (κ3) is 3.62. The molecule has 1 aliphatic rings. The molecule has 0 radical (unpaired) electrons. The van der Waals surface area contributed by atoms with E-state index in [9.17, 15) is 10.1 Å². The first-order chi connectivity index (χ1) is 12.5. The lowest BCUT2D eigenvalue weighted by atomic mass is 10.1. The summed E-state index contributed by atoms with van der Waals surface area (Å²) in [5, 5.41) is 22.1. The number of nitriles is 1. The molecule has 1 fully saturated rings. The fraction of sp³-hybridized carbons (Fsp3) is 0.421. The highest BCUT2D eigenvalue weighted by Crippen LogP contribution is 2.30. The lowest BCUT2D eigenvalue weighted by Gasteiger charge is -2.38. The second-order valence-electron chi connectivity index (χ2n) is 6.58. The Morgan fingerprint density at radius 2 is 2.31 bits per heavy atom. The highest BCUT2D eigenvalue weighted by Gasteiger charge is 2.31. The smallest absolute Gasteiger partial charge is 0.251 e. The number of fused-ring (bicyclic) bond motifs is 1. The number of aromatic nitrogens is 1. The molecule has 1 aliphatic heterocycles. The van der Waals surface area contributed by atoms with Crippen molar-refractivity contribution < 1.29 is 14.6 Å². The van der Waals surface area contributed by atoms with Crippen molar-refractivity contribution in [1.29, 1.82) is 5.26 Å². The predicted molar refractivity (Wildman–Crippen MR) is 97.7 cm³/mol. The summed E-state index contributed by atoms with van der Waals surface area (Å²) < 4.78 is 5.80. The summed E-state index contributed by atoms with van der Waals surface area (Å²) in [6.45, 7) is 4.57. The van der Waals surface area contributed by atoms with Gasteiger partial charge in [0.05, 0.1) is 30.3 Å². The van der Waals surface area contributed by atoms with Crippen molar-refractivity contribution in [2.24, 2.45) is 0 Å². The maximum Gasteiger partial charge on any atom is 0.251 e. The third-order valence-corrected chi connectivity index (χ3v) is 4.42. The lowest BCUT2D eigenvalue weighted by molar-refractivity contribution is -0.138. The monoisotopic (exact) mass is 354 g/mol. The average molecular weight is 354 g/mol. The standard InChI is InChI=1S/C19H22N4O3/c1-12(11-24)22-19(25)17-10-23(9-13(2)26-17)16-6-5-14(8-20)18-15(16)4-3-7-21-18/h3-7,12-13,17,24H,9-11H2,1-2H3,(H,22,25)/t12-,13+,17+/m0/s1. The molecule has 2 N–H and O–H groups in total. The summed E-state index contributed by atoms with van der Waals surface area (Å²) >= 11 is 0. The van der Waals surface area contributed by atoms with Crippen molar-refractivity contribution in [3.8, 4) is 6.07 Å². The van der Waals surface area contributed by atoms with Crippen molar-refractivity contribution in [2.75, 3.05) is 24.6 Å².